The first-order valence-electron chi connectivity index (χ1n) is 10.7. The fourth-order valence-electron chi connectivity index (χ4n) is 3.49. The van der Waals surface area contributed by atoms with Gasteiger partial charge < -0.3 is 15.4 Å². The maximum atomic E-state index is 13.1. The molecule has 0 fully saturated rings. The van der Waals surface area contributed by atoms with Crippen LogP contribution < -0.4 is 20.3 Å². The van der Waals surface area contributed by atoms with Gasteiger partial charge in [0.25, 0.3) is 17.7 Å². The summed E-state index contributed by atoms with van der Waals surface area (Å²) in [5, 5.41) is 5.87. The summed E-state index contributed by atoms with van der Waals surface area (Å²) in [7, 11) is 0. The Balaban J connectivity index is 1.54. The van der Waals surface area contributed by atoms with Gasteiger partial charge in [0, 0.05) is 16.3 Å². The van der Waals surface area contributed by atoms with Crippen LogP contribution in [0.1, 0.15) is 22.8 Å². The number of imide groups is 1. The van der Waals surface area contributed by atoms with E-state index in [9.17, 15) is 14.4 Å². The second-order valence-corrected chi connectivity index (χ2v) is 8.44. The highest BCUT2D eigenvalue weighted by Gasteiger charge is 2.39. The van der Waals surface area contributed by atoms with E-state index in [1.165, 1.54) is 6.07 Å². The van der Waals surface area contributed by atoms with Crippen LogP contribution in [0.5, 0.6) is 5.75 Å². The fourth-order valence-corrected chi connectivity index (χ4v) is 3.88. The van der Waals surface area contributed by atoms with Crippen molar-refractivity contribution in [2.45, 2.75) is 13.8 Å². The summed E-state index contributed by atoms with van der Waals surface area (Å²) in [6, 6.07) is 18.5. The lowest BCUT2D eigenvalue weighted by molar-refractivity contribution is -0.120. The van der Waals surface area contributed by atoms with Crippen LogP contribution in [0.2, 0.25) is 5.02 Å². The van der Waals surface area contributed by atoms with Gasteiger partial charge in [-0.1, -0.05) is 47.5 Å². The molecule has 0 saturated heterocycles. The Morgan fingerprint density at radius 1 is 0.971 bits per heavy atom. The standard InChI is InChI=1S/C26H21Cl2N3O4/c1-3-35-21-10-5-4-9-20(21)30-24(32)16-7-6-8-17(13-16)29-23-22(28)25(33)31(26(23)34)18-12-11-15(2)19(27)14-18/h4-14,29H,3H2,1-2H3,(H,30,32). The van der Waals surface area contributed by atoms with E-state index in [0.717, 1.165) is 10.5 Å². The molecule has 0 unspecified atom stereocenters. The van der Waals surface area contributed by atoms with E-state index < -0.39 is 11.8 Å². The molecule has 4 rings (SSSR count). The van der Waals surface area contributed by atoms with E-state index in [4.69, 9.17) is 27.9 Å². The number of anilines is 3. The second kappa shape index (κ2) is 10.2. The molecule has 178 valence electrons. The third-order valence-electron chi connectivity index (χ3n) is 5.27. The number of carbonyl (C=O) groups is 3. The number of rotatable bonds is 7. The van der Waals surface area contributed by atoms with Crippen molar-refractivity contribution < 1.29 is 19.1 Å². The highest BCUT2D eigenvalue weighted by Crippen LogP contribution is 2.32. The van der Waals surface area contributed by atoms with E-state index in [1.807, 2.05) is 19.9 Å². The average Bonchev–Trinajstić information content (AvgIpc) is 3.05. The van der Waals surface area contributed by atoms with Crippen LogP contribution >= 0.6 is 23.2 Å². The Morgan fingerprint density at radius 2 is 1.74 bits per heavy atom. The Bertz CT molecular complexity index is 1370. The van der Waals surface area contributed by atoms with Crippen LogP contribution in [0, 0.1) is 6.92 Å². The largest absolute Gasteiger partial charge is 0.492 e. The Morgan fingerprint density at radius 3 is 2.49 bits per heavy atom. The van der Waals surface area contributed by atoms with E-state index in [-0.39, 0.29) is 16.6 Å². The van der Waals surface area contributed by atoms with Crippen LogP contribution in [0.3, 0.4) is 0 Å². The number of hydrogen-bond donors (Lipinski definition) is 2. The molecular weight excluding hydrogens is 489 g/mol. The van der Waals surface area contributed by atoms with Gasteiger partial charge in [-0.2, -0.15) is 0 Å². The molecule has 9 heteroatoms. The molecule has 0 aromatic heterocycles. The van der Waals surface area contributed by atoms with E-state index in [2.05, 4.69) is 10.6 Å². The average molecular weight is 510 g/mol. The second-order valence-electron chi connectivity index (χ2n) is 7.66. The van der Waals surface area contributed by atoms with Crippen molar-refractivity contribution in [2.75, 3.05) is 22.1 Å². The van der Waals surface area contributed by atoms with Gasteiger partial charge >= 0.3 is 0 Å². The topological polar surface area (TPSA) is 87.7 Å². The van der Waals surface area contributed by atoms with Gasteiger partial charge in [-0.3, -0.25) is 14.4 Å². The lowest BCUT2D eigenvalue weighted by atomic mass is 10.1. The molecule has 0 aliphatic carbocycles. The predicted molar refractivity (Wildman–Crippen MR) is 137 cm³/mol. The first kappa shape index (κ1) is 24.3. The predicted octanol–water partition coefficient (Wildman–Crippen LogP) is 5.74. The van der Waals surface area contributed by atoms with Crippen LogP contribution in [0.15, 0.2) is 77.5 Å². The molecule has 0 bridgehead atoms. The van der Waals surface area contributed by atoms with Crippen molar-refractivity contribution in [3.8, 4) is 5.75 Å². The summed E-state index contributed by atoms with van der Waals surface area (Å²) < 4.78 is 5.55. The molecule has 1 aliphatic heterocycles. The molecule has 0 atom stereocenters. The van der Waals surface area contributed by atoms with Crippen LogP contribution in [0.4, 0.5) is 17.1 Å². The number of amides is 3. The molecular formula is C26H21Cl2N3O4. The number of benzene rings is 3. The number of aryl methyl sites for hydroxylation is 1. The summed E-state index contributed by atoms with van der Waals surface area (Å²) >= 11 is 12.4. The molecule has 3 aromatic rings. The zero-order valence-corrected chi connectivity index (χ0v) is 20.4. The Hall–Kier alpha value is -3.81. The zero-order chi connectivity index (χ0) is 25.1. The van der Waals surface area contributed by atoms with Crippen molar-refractivity contribution in [3.63, 3.8) is 0 Å². The maximum Gasteiger partial charge on any atom is 0.283 e. The quantitative estimate of drug-likeness (QED) is 0.396. The lowest BCUT2D eigenvalue weighted by Gasteiger charge is -2.16. The van der Waals surface area contributed by atoms with E-state index in [0.29, 0.717) is 40.0 Å². The summed E-state index contributed by atoms with van der Waals surface area (Å²) in [6.45, 7) is 4.13. The van der Waals surface area contributed by atoms with Crippen molar-refractivity contribution in [1.82, 2.24) is 0 Å². The number of hydrogen-bond acceptors (Lipinski definition) is 5. The van der Waals surface area contributed by atoms with Gasteiger partial charge in [0.15, 0.2) is 0 Å². The number of nitrogens with zero attached hydrogens (tertiary/aromatic N) is 1. The van der Waals surface area contributed by atoms with Crippen LogP contribution in [0.25, 0.3) is 0 Å². The van der Waals surface area contributed by atoms with Gasteiger partial charge in [0.1, 0.15) is 16.5 Å². The van der Waals surface area contributed by atoms with Gasteiger partial charge in [-0.25, -0.2) is 4.90 Å². The van der Waals surface area contributed by atoms with E-state index >= 15 is 0 Å². The van der Waals surface area contributed by atoms with Crippen molar-refractivity contribution in [2.24, 2.45) is 0 Å². The van der Waals surface area contributed by atoms with Gasteiger partial charge in [-0.05, 0) is 61.9 Å². The Kier molecular flexibility index (Phi) is 7.10. The molecule has 1 aliphatic rings. The summed E-state index contributed by atoms with van der Waals surface area (Å²) in [4.78, 5) is 39.6. The minimum atomic E-state index is -0.666. The van der Waals surface area contributed by atoms with Crippen LogP contribution in [-0.2, 0) is 9.59 Å². The number of carbonyl (C=O) groups excluding carboxylic acids is 3. The van der Waals surface area contributed by atoms with Crippen molar-refractivity contribution in [3.05, 3.63) is 93.6 Å². The number of ether oxygens (including phenoxy) is 1. The molecule has 7 nitrogen and oxygen atoms in total. The number of para-hydroxylation sites is 2. The van der Waals surface area contributed by atoms with Gasteiger partial charge in [-0.15, -0.1) is 0 Å². The van der Waals surface area contributed by atoms with Crippen molar-refractivity contribution >= 4 is 58.0 Å². The minimum Gasteiger partial charge on any atom is -0.492 e. The van der Waals surface area contributed by atoms with Crippen LogP contribution in [-0.4, -0.2) is 24.3 Å². The summed E-state index contributed by atoms with van der Waals surface area (Å²) in [6.07, 6.45) is 0. The molecule has 2 N–H and O–H groups in total. The van der Waals surface area contributed by atoms with Gasteiger partial charge in [0.2, 0.25) is 0 Å². The SMILES string of the molecule is CCOc1ccccc1NC(=O)c1cccc(NC2=C(Cl)C(=O)N(c3ccc(C)c(Cl)c3)C2=O)c1. The monoisotopic (exact) mass is 509 g/mol. The molecule has 0 saturated carbocycles. The highest BCUT2D eigenvalue weighted by atomic mass is 35.5. The van der Waals surface area contributed by atoms with Crippen molar-refractivity contribution in [1.29, 1.82) is 0 Å². The summed E-state index contributed by atoms with van der Waals surface area (Å²) in [5.74, 6) is -1.10. The Labute approximate surface area is 212 Å². The first-order valence-corrected chi connectivity index (χ1v) is 11.5. The zero-order valence-electron chi connectivity index (χ0n) is 18.9. The number of nitrogens with one attached hydrogen (secondary N) is 2. The molecule has 3 amide bonds. The molecule has 3 aromatic carbocycles. The molecule has 35 heavy (non-hydrogen) atoms. The third-order valence-corrected chi connectivity index (χ3v) is 6.03. The fraction of sp³-hybridized carbons (Fsp3) is 0.115. The smallest absolute Gasteiger partial charge is 0.283 e. The summed E-state index contributed by atoms with van der Waals surface area (Å²) in [5.41, 5.74) is 2.31. The first-order chi connectivity index (χ1) is 16.8. The third kappa shape index (κ3) is 5.01. The lowest BCUT2D eigenvalue weighted by Crippen LogP contribution is -2.32. The normalized spacial score (nSPS) is 13.3. The highest BCUT2D eigenvalue weighted by molar-refractivity contribution is 6.53. The molecule has 0 radical (unpaired) electrons. The molecule has 1 heterocycles. The minimum absolute atomic E-state index is 0.0902. The molecule has 0 spiro atoms. The van der Waals surface area contributed by atoms with Gasteiger partial charge in [0.05, 0.1) is 18.0 Å². The number of halogens is 2. The maximum absolute atomic E-state index is 13.1. The van der Waals surface area contributed by atoms with E-state index in [1.54, 1.807) is 54.6 Å².